The summed E-state index contributed by atoms with van der Waals surface area (Å²) in [6.07, 6.45) is 4.95. The van der Waals surface area contributed by atoms with Crippen molar-refractivity contribution >= 4 is 47.1 Å². The average Bonchev–Trinajstić information content (AvgIpc) is 2.93. The molecule has 1 aliphatic rings. The highest BCUT2D eigenvalue weighted by atomic mass is 35.5. The lowest BCUT2D eigenvalue weighted by molar-refractivity contribution is -0.125. The molecule has 3 heterocycles. The summed E-state index contributed by atoms with van der Waals surface area (Å²) >= 11 is 0. The van der Waals surface area contributed by atoms with Crippen molar-refractivity contribution in [3.05, 3.63) is 65.1 Å². The quantitative estimate of drug-likeness (QED) is 0.627. The fourth-order valence-corrected chi connectivity index (χ4v) is 3.64. The highest BCUT2D eigenvalue weighted by molar-refractivity contribution is 5.94. The topological polar surface area (TPSA) is 78.7 Å². The van der Waals surface area contributed by atoms with Crippen molar-refractivity contribution < 1.29 is 14.0 Å². The van der Waals surface area contributed by atoms with Gasteiger partial charge in [0.05, 0.1) is 6.54 Å². The van der Waals surface area contributed by atoms with E-state index in [4.69, 9.17) is 4.42 Å². The van der Waals surface area contributed by atoms with Crippen LogP contribution in [0, 0.1) is 6.92 Å². The lowest BCUT2D eigenvalue weighted by Crippen LogP contribution is -2.26. The number of benzene rings is 1. The summed E-state index contributed by atoms with van der Waals surface area (Å²) in [5, 5.41) is 3.84. The second-order valence-electron chi connectivity index (χ2n) is 7.66. The van der Waals surface area contributed by atoms with Gasteiger partial charge >= 0.3 is 0 Å². The third-order valence-corrected chi connectivity index (χ3v) is 5.19. The molecule has 1 aliphatic heterocycles. The van der Waals surface area contributed by atoms with Gasteiger partial charge in [-0.3, -0.25) is 14.5 Å². The molecule has 0 unspecified atom stereocenters. The van der Waals surface area contributed by atoms with Crippen LogP contribution in [0.15, 0.2) is 47.0 Å². The molecule has 0 radical (unpaired) electrons. The van der Waals surface area contributed by atoms with Gasteiger partial charge in [-0.1, -0.05) is 18.2 Å². The number of rotatable bonds is 4. The normalized spacial score (nSPS) is 14.1. The van der Waals surface area contributed by atoms with E-state index in [0.29, 0.717) is 25.5 Å². The van der Waals surface area contributed by atoms with E-state index in [1.807, 2.05) is 49.2 Å². The van der Waals surface area contributed by atoms with Crippen LogP contribution >= 0.6 is 12.4 Å². The molecule has 31 heavy (non-hydrogen) atoms. The molecule has 0 saturated carbocycles. The summed E-state index contributed by atoms with van der Waals surface area (Å²) < 4.78 is 5.79. The summed E-state index contributed by atoms with van der Waals surface area (Å²) in [7, 11) is 3.66. The first kappa shape index (κ1) is 22.5. The number of carbonyl (C=O) groups excluding carboxylic acids is 2. The number of para-hydroxylation sites is 1. The molecule has 1 aromatic carbocycles. The second kappa shape index (κ2) is 9.32. The number of hydrogen-bond acceptors (Lipinski definition) is 5. The predicted octanol–water partition coefficient (Wildman–Crippen LogP) is 3.61. The van der Waals surface area contributed by atoms with Gasteiger partial charge in [-0.05, 0) is 37.7 Å². The van der Waals surface area contributed by atoms with Crippen LogP contribution in [0.5, 0.6) is 0 Å². The van der Waals surface area contributed by atoms with Crippen LogP contribution in [0.4, 0.5) is 5.82 Å². The van der Waals surface area contributed by atoms with Gasteiger partial charge in [0.25, 0.3) is 0 Å². The van der Waals surface area contributed by atoms with Crippen molar-refractivity contribution in [2.24, 2.45) is 0 Å². The molecule has 162 valence electrons. The first-order valence-electron chi connectivity index (χ1n) is 9.78. The smallest absolute Gasteiger partial charge is 0.246 e. The molecule has 0 atom stereocenters. The Morgan fingerprint density at radius 1 is 1.32 bits per heavy atom. The van der Waals surface area contributed by atoms with Crippen LogP contribution in [0.25, 0.3) is 17.0 Å². The van der Waals surface area contributed by atoms with E-state index in [-0.39, 0.29) is 24.2 Å². The predicted molar refractivity (Wildman–Crippen MR) is 123 cm³/mol. The Morgan fingerprint density at radius 3 is 2.90 bits per heavy atom. The van der Waals surface area contributed by atoms with Gasteiger partial charge in [-0.15, -0.1) is 12.4 Å². The van der Waals surface area contributed by atoms with Gasteiger partial charge in [-0.2, -0.15) is 0 Å². The molecule has 0 bridgehead atoms. The van der Waals surface area contributed by atoms with Crippen molar-refractivity contribution in [3.8, 4) is 0 Å². The Bertz CT molecular complexity index is 1150. The molecular weight excluding hydrogens is 416 g/mol. The van der Waals surface area contributed by atoms with E-state index in [1.165, 1.54) is 0 Å². The van der Waals surface area contributed by atoms with E-state index >= 15 is 0 Å². The van der Waals surface area contributed by atoms with E-state index in [1.54, 1.807) is 30.3 Å². The maximum Gasteiger partial charge on any atom is 0.246 e. The van der Waals surface area contributed by atoms with Gasteiger partial charge in [0.2, 0.25) is 11.8 Å². The lowest BCUT2D eigenvalue weighted by Gasteiger charge is -2.15. The summed E-state index contributed by atoms with van der Waals surface area (Å²) in [5.41, 5.74) is 3.58. The van der Waals surface area contributed by atoms with Crippen molar-refractivity contribution in [2.45, 2.75) is 20.0 Å². The van der Waals surface area contributed by atoms with Crippen molar-refractivity contribution in [3.63, 3.8) is 0 Å². The zero-order valence-electron chi connectivity index (χ0n) is 17.7. The Hall–Kier alpha value is -3.16. The number of nitrogens with zero attached hydrogens (tertiary/aromatic N) is 3. The number of aryl methyl sites for hydroxylation is 1. The minimum atomic E-state index is -0.111. The maximum absolute atomic E-state index is 12.7. The van der Waals surface area contributed by atoms with Crippen LogP contribution in [0.2, 0.25) is 0 Å². The van der Waals surface area contributed by atoms with Gasteiger partial charge in [0.15, 0.2) is 0 Å². The largest absolute Gasteiger partial charge is 0.461 e. The molecule has 0 fully saturated rings. The number of hydrogen-bond donors (Lipinski definition) is 1. The molecule has 1 N–H and O–H groups in total. The Balaban J connectivity index is 0.00000272. The first-order valence-corrected chi connectivity index (χ1v) is 9.78. The molecule has 2 amide bonds. The minimum Gasteiger partial charge on any atom is -0.461 e. The van der Waals surface area contributed by atoms with Gasteiger partial charge < -0.3 is 14.6 Å². The zero-order chi connectivity index (χ0) is 21.3. The zero-order valence-corrected chi connectivity index (χ0v) is 18.5. The third kappa shape index (κ3) is 4.95. The number of nitrogens with one attached hydrogen (secondary N) is 1. The van der Waals surface area contributed by atoms with E-state index in [0.717, 1.165) is 33.4 Å². The monoisotopic (exact) mass is 440 g/mol. The third-order valence-electron chi connectivity index (χ3n) is 5.19. The molecule has 4 rings (SSSR count). The molecule has 0 saturated heterocycles. The molecule has 0 spiro atoms. The molecule has 7 nitrogen and oxygen atoms in total. The van der Waals surface area contributed by atoms with Crippen LogP contribution in [0.1, 0.15) is 22.5 Å². The molecular formula is C23H25ClN4O3. The van der Waals surface area contributed by atoms with Gasteiger partial charge in [0, 0.05) is 48.9 Å². The number of pyridine rings is 1. The molecule has 2 aromatic heterocycles. The number of carbonyl (C=O) groups is 2. The Morgan fingerprint density at radius 2 is 2.10 bits per heavy atom. The average molecular weight is 441 g/mol. The summed E-state index contributed by atoms with van der Waals surface area (Å²) in [6, 6.07) is 9.78. The van der Waals surface area contributed by atoms with Crippen LogP contribution in [-0.4, -0.2) is 47.2 Å². The fraction of sp³-hybridized carbons (Fsp3) is 0.261. The SMILES string of the molecule is Cc1oc2ccccc2c1CN(C)C(=O)/C=C/c1cnc2c(c1)CN(C)CC(=O)N2.Cl. The van der Waals surface area contributed by atoms with Crippen molar-refractivity contribution in [1.82, 2.24) is 14.8 Å². The van der Waals surface area contributed by atoms with Crippen LogP contribution < -0.4 is 5.32 Å². The number of amides is 2. The van der Waals surface area contributed by atoms with Crippen LogP contribution in [-0.2, 0) is 22.7 Å². The van der Waals surface area contributed by atoms with E-state index in [2.05, 4.69) is 10.3 Å². The highest BCUT2D eigenvalue weighted by Crippen LogP contribution is 2.26. The van der Waals surface area contributed by atoms with E-state index < -0.39 is 0 Å². The van der Waals surface area contributed by atoms with Gasteiger partial charge in [-0.25, -0.2) is 4.98 Å². The van der Waals surface area contributed by atoms with Gasteiger partial charge in [0.1, 0.15) is 17.2 Å². The first-order chi connectivity index (χ1) is 14.4. The second-order valence-corrected chi connectivity index (χ2v) is 7.66. The Kier molecular flexibility index (Phi) is 6.77. The van der Waals surface area contributed by atoms with Crippen LogP contribution in [0.3, 0.4) is 0 Å². The molecule has 0 aliphatic carbocycles. The lowest BCUT2D eigenvalue weighted by atomic mass is 10.1. The summed E-state index contributed by atoms with van der Waals surface area (Å²) in [6.45, 7) is 3.32. The number of anilines is 1. The summed E-state index contributed by atoms with van der Waals surface area (Å²) in [4.78, 5) is 32.4. The number of furan rings is 1. The number of halogens is 1. The maximum atomic E-state index is 12.7. The minimum absolute atomic E-state index is 0. The van der Waals surface area contributed by atoms with Crippen molar-refractivity contribution in [1.29, 1.82) is 0 Å². The number of aromatic nitrogens is 1. The van der Waals surface area contributed by atoms with Crippen molar-refractivity contribution in [2.75, 3.05) is 26.0 Å². The standard InChI is InChI=1S/C23H24N4O3.ClH/c1-15-19(18-6-4-5-7-20(18)30-15)13-27(3)22(29)9-8-16-10-17-12-26(2)14-21(28)25-23(17)24-11-16;/h4-11H,12-14H2,1-3H3,(H,24,25,28);1H/b9-8+;. The number of fused-ring (bicyclic) bond motifs is 2. The number of likely N-dealkylation sites (N-methyl/N-ethyl adjacent to an activating group) is 2. The summed E-state index contributed by atoms with van der Waals surface area (Å²) in [5.74, 6) is 1.21. The highest BCUT2D eigenvalue weighted by Gasteiger charge is 2.18. The molecule has 8 heteroatoms. The Labute approximate surface area is 187 Å². The molecule has 3 aromatic rings. The van der Waals surface area contributed by atoms with E-state index in [9.17, 15) is 9.59 Å². The fourth-order valence-electron chi connectivity index (χ4n) is 3.64.